The molecule has 1 saturated heterocycles. The van der Waals surface area contributed by atoms with Crippen molar-refractivity contribution in [1.82, 2.24) is 4.98 Å². The van der Waals surface area contributed by atoms with Gasteiger partial charge in [0, 0.05) is 54.3 Å². The number of anilines is 1. The molecule has 3 aromatic rings. The Hall–Kier alpha value is -4.20. The van der Waals surface area contributed by atoms with Crippen LogP contribution in [-0.4, -0.2) is 42.0 Å². The van der Waals surface area contributed by atoms with E-state index in [0.29, 0.717) is 41.3 Å². The summed E-state index contributed by atoms with van der Waals surface area (Å²) in [7, 11) is 0. The molecule has 4 N–H and O–H groups in total. The van der Waals surface area contributed by atoms with Gasteiger partial charge < -0.3 is 25.9 Å². The van der Waals surface area contributed by atoms with Crippen LogP contribution in [-0.2, 0) is 17.6 Å². The highest BCUT2D eigenvalue weighted by Crippen LogP contribution is 2.43. The van der Waals surface area contributed by atoms with Crippen molar-refractivity contribution in [2.24, 2.45) is 11.1 Å². The zero-order valence-corrected chi connectivity index (χ0v) is 23.3. The van der Waals surface area contributed by atoms with E-state index in [-0.39, 0.29) is 17.7 Å². The molecule has 0 radical (unpaired) electrons. The van der Waals surface area contributed by atoms with Gasteiger partial charge in [0.1, 0.15) is 11.6 Å². The third-order valence-corrected chi connectivity index (χ3v) is 7.56. The summed E-state index contributed by atoms with van der Waals surface area (Å²) in [5, 5.41) is 17.8. The summed E-state index contributed by atoms with van der Waals surface area (Å²) >= 11 is 0. The van der Waals surface area contributed by atoms with Crippen LogP contribution in [0.25, 0.3) is 16.7 Å². The second-order valence-electron chi connectivity index (χ2n) is 11.0. The largest absolute Gasteiger partial charge is 0.493 e. The predicted octanol–water partition coefficient (Wildman–Crippen LogP) is 6.02. The molecule has 0 unspecified atom stereocenters. The molecule has 40 heavy (non-hydrogen) atoms. The number of ether oxygens (including phenoxy) is 1. The van der Waals surface area contributed by atoms with Crippen LogP contribution >= 0.6 is 0 Å². The number of hydrogen-bond acceptors (Lipinski definition) is 6. The van der Waals surface area contributed by atoms with Gasteiger partial charge in [-0.25, -0.2) is 4.39 Å². The molecule has 0 spiro atoms. The third kappa shape index (κ3) is 6.68. The van der Waals surface area contributed by atoms with Gasteiger partial charge in [-0.1, -0.05) is 38.1 Å². The molecular formula is C32H37FN4O3. The number of carbonyl (C=O) groups is 1. The summed E-state index contributed by atoms with van der Waals surface area (Å²) in [6.07, 6.45) is 4.98. The summed E-state index contributed by atoms with van der Waals surface area (Å²) in [5.41, 5.74) is 11.9. The molecule has 1 fully saturated rings. The monoisotopic (exact) mass is 544 g/mol. The minimum atomic E-state index is -0.922. The highest BCUT2D eigenvalue weighted by molar-refractivity contribution is 6.11. The first-order chi connectivity index (χ1) is 19.1. The summed E-state index contributed by atoms with van der Waals surface area (Å²) < 4.78 is 19.1. The number of carboxylic acid groups (broad SMARTS) is 1. The predicted molar refractivity (Wildman–Crippen MR) is 158 cm³/mol. The van der Waals surface area contributed by atoms with Gasteiger partial charge in [0.2, 0.25) is 0 Å². The lowest BCUT2D eigenvalue weighted by atomic mass is 9.81. The minimum Gasteiger partial charge on any atom is -0.493 e. The van der Waals surface area contributed by atoms with Gasteiger partial charge >= 0.3 is 5.97 Å². The first-order valence-corrected chi connectivity index (χ1v) is 13.5. The van der Waals surface area contributed by atoms with E-state index in [1.807, 2.05) is 31.2 Å². The number of aromatic nitrogens is 1. The molecule has 210 valence electrons. The number of nitrogens with zero attached hydrogens (tertiary/aromatic N) is 2. The number of pyridine rings is 1. The Balaban J connectivity index is 1.74. The first kappa shape index (κ1) is 28.8. The molecule has 7 nitrogen and oxygen atoms in total. The van der Waals surface area contributed by atoms with Crippen LogP contribution in [0.15, 0.2) is 54.7 Å². The van der Waals surface area contributed by atoms with Crippen LogP contribution in [0.2, 0.25) is 0 Å². The van der Waals surface area contributed by atoms with Gasteiger partial charge in [-0.2, -0.15) is 0 Å². The standard InChI is InChI=1S/C32H37FN4O3/c1-21-27(18-28(38)39)31(37-15-13-32(2,3)14-16-37)29(30(36-21)24(19-34)20-35)23-6-10-26(11-7-23)40-17-12-22-4-8-25(33)9-5-22/h4-11,19-20,34H,12-18,35H2,1-3H3,(H,38,39)/b24-20+,34-19?. The van der Waals surface area contributed by atoms with Crippen LogP contribution in [0.5, 0.6) is 5.75 Å². The molecular weight excluding hydrogens is 507 g/mol. The van der Waals surface area contributed by atoms with Crippen molar-refractivity contribution >= 4 is 23.4 Å². The molecule has 0 saturated carbocycles. The van der Waals surface area contributed by atoms with Gasteiger partial charge in [-0.05, 0) is 60.6 Å². The number of piperidine rings is 1. The fraction of sp³-hybridized carbons (Fsp3) is 0.344. The molecule has 2 heterocycles. The van der Waals surface area contributed by atoms with Crippen LogP contribution in [0.4, 0.5) is 10.1 Å². The number of benzene rings is 2. The quantitative estimate of drug-likeness (QED) is 0.269. The lowest BCUT2D eigenvalue weighted by Gasteiger charge is -2.40. The normalized spacial score (nSPS) is 15.1. The average Bonchev–Trinajstić information content (AvgIpc) is 2.92. The van der Waals surface area contributed by atoms with Crippen LogP contribution in [0.3, 0.4) is 0 Å². The Labute approximate surface area is 235 Å². The highest BCUT2D eigenvalue weighted by atomic mass is 19.1. The lowest BCUT2D eigenvalue weighted by molar-refractivity contribution is -0.136. The van der Waals surface area contributed by atoms with E-state index >= 15 is 0 Å². The van der Waals surface area contributed by atoms with Crippen LogP contribution < -0.4 is 15.4 Å². The number of carboxylic acids is 1. The van der Waals surface area contributed by atoms with Crippen molar-refractivity contribution < 1.29 is 19.0 Å². The Kier molecular flexibility index (Phi) is 8.87. The molecule has 4 rings (SSSR count). The summed E-state index contributed by atoms with van der Waals surface area (Å²) in [4.78, 5) is 19.0. The maximum Gasteiger partial charge on any atom is 0.307 e. The van der Waals surface area contributed by atoms with Gasteiger partial charge in [0.25, 0.3) is 0 Å². The zero-order chi connectivity index (χ0) is 28.9. The van der Waals surface area contributed by atoms with Gasteiger partial charge in [0.15, 0.2) is 0 Å². The molecule has 2 aromatic carbocycles. The summed E-state index contributed by atoms with van der Waals surface area (Å²) in [5.74, 6) is -0.505. The van der Waals surface area contributed by atoms with Crippen molar-refractivity contribution in [2.45, 2.75) is 46.5 Å². The minimum absolute atomic E-state index is 0.155. The van der Waals surface area contributed by atoms with Crippen molar-refractivity contribution in [2.75, 3.05) is 24.6 Å². The second-order valence-corrected chi connectivity index (χ2v) is 11.0. The van der Waals surface area contributed by atoms with Crippen molar-refractivity contribution in [3.8, 4) is 16.9 Å². The topological polar surface area (TPSA) is 113 Å². The number of aryl methyl sites for hydroxylation is 1. The van der Waals surface area contributed by atoms with E-state index in [1.54, 1.807) is 12.1 Å². The number of nitrogens with one attached hydrogen (secondary N) is 1. The van der Waals surface area contributed by atoms with E-state index in [2.05, 4.69) is 18.7 Å². The number of aliphatic carboxylic acids is 1. The Bertz CT molecular complexity index is 1390. The van der Waals surface area contributed by atoms with Gasteiger partial charge in [0.05, 0.1) is 24.4 Å². The molecule has 1 aromatic heterocycles. The van der Waals surface area contributed by atoms with Gasteiger partial charge in [-0.15, -0.1) is 0 Å². The first-order valence-electron chi connectivity index (χ1n) is 13.5. The Morgan fingerprint density at radius 3 is 2.38 bits per heavy atom. The second kappa shape index (κ2) is 12.3. The number of hydrogen-bond donors (Lipinski definition) is 3. The van der Waals surface area contributed by atoms with E-state index < -0.39 is 5.97 Å². The maximum absolute atomic E-state index is 13.2. The molecule has 1 aliphatic heterocycles. The molecule has 8 heteroatoms. The van der Waals surface area contributed by atoms with Crippen molar-refractivity contribution in [1.29, 1.82) is 5.41 Å². The van der Waals surface area contributed by atoms with E-state index in [4.69, 9.17) is 20.9 Å². The van der Waals surface area contributed by atoms with Gasteiger partial charge in [-0.3, -0.25) is 9.78 Å². The SMILES string of the molecule is Cc1nc(/C(C=N)=C/N)c(-c2ccc(OCCc3ccc(F)cc3)cc2)c(N2CCC(C)(C)CC2)c1CC(=O)O. The van der Waals surface area contributed by atoms with Crippen LogP contribution in [0.1, 0.15) is 49.2 Å². The third-order valence-electron chi connectivity index (χ3n) is 7.56. The van der Waals surface area contributed by atoms with E-state index in [9.17, 15) is 14.3 Å². The molecule has 0 aliphatic carbocycles. The number of rotatable bonds is 10. The van der Waals surface area contributed by atoms with Crippen molar-refractivity contribution in [3.63, 3.8) is 0 Å². The number of nitrogens with two attached hydrogens (primary N) is 1. The summed E-state index contributed by atoms with van der Waals surface area (Å²) in [6.45, 7) is 8.34. The number of halogens is 1. The Morgan fingerprint density at radius 2 is 1.80 bits per heavy atom. The van der Waals surface area contributed by atoms with Crippen molar-refractivity contribution in [3.05, 3.63) is 83.1 Å². The van der Waals surface area contributed by atoms with Crippen LogP contribution in [0, 0.1) is 23.6 Å². The average molecular weight is 545 g/mol. The fourth-order valence-corrected chi connectivity index (χ4v) is 5.11. The maximum atomic E-state index is 13.2. The fourth-order valence-electron chi connectivity index (χ4n) is 5.11. The molecule has 0 atom stereocenters. The number of allylic oxidation sites excluding steroid dienone is 1. The van der Waals surface area contributed by atoms with E-state index in [1.165, 1.54) is 24.5 Å². The molecule has 0 bridgehead atoms. The molecule has 0 amide bonds. The highest BCUT2D eigenvalue weighted by Gasteiger charge is 2.31. The zero-order valence-electron chi connectivity index (χ0n) is 23.3. The Morgan fingerprint density at radius 1 is 1.15 bits per heavy atom. The lowest BCUT2D eigenvalue weighted by Crippen LogP contribution is -2.38. The molecule has 1 aliphatic rings. The smallest absolute Gasteiger partial charge is 0.307 e. The van der Waals surface area contributed by atoms with E-state index in [0.717, 1.165) is 48.3 Å². The summed E-state index contributed by atoms with van der Waals surface area (Å²) in [6, 6.07) is 14.0.